The standard InChI is InChI=1S/C21H20N2O2/c1-14-12-17-10-6-7-11-19(17)23(14)20(24)13-18-15(2)25-21(22-18)16-8-4-3-5-9-16/h3-11,14H,12-13H2,1-2H3. The van der Waals surface area contributed by atoms with Gasteiger partial charge in [-0.3, -0.25) is 4.79 Å². The number of fused-ring (bicyclic) bond motifs is 1. The average Bonchev–Trinajstić information content (AvgIpc) is 3.15. The number of hydrogen-bond acceptors (Lipinski definition) is 3. The van der Waals surface area contributed by atoms with Gasteiger partial charge in [-0.25, -0.2) is 4.98 Å². The van der Waals surface area contributed by atoms with E-state index in [1.165, 1.54) is 5.56 Å². The first-order valence-electron chi connectivity index (χ1n) is 8.55. The summed E-state index contributed by atoms with van der Waals surface area (Å²) in [6.45, 7) is 3.95. The molecule has 0 spiro atoms. The molecule has 3 aromatic rings. The first-order valence-corrected chi connectivity index (χ1v) is 8.55. The number of para-hydroxylation sites is 1. The summed E-state index contributed by atoms with van der Waals surface area (Å²) in [5.41, 5.74) is 3.87. The highest BCUT2D eigenvalue weighted by molar-refractivity contribution is 5.97. The third-order valence-electron chi connectivity index (χ3n) is 4.71. The van der Waals surface area contributed by atoms with Crippen LogP contribution in [0, 0.1) is 6.92 Å². The summed E-state index contributed by atoms with van der Waals surface area (Å²) < 4.78 is 5.78. The SMILES string of the molecule is Cc1oc(-c2ccccc2)nc1CC(=O)N1c2ccccc2CC1C. The number of rotatable bonds is 3. The van der Waals surface area contributed by atoms with Crippen molar-refractivity contribution in [2.45, 2.75) is 32.7 Å². The number of amides is 1. The minimum Gasteiger partial charge on any atom is -0.441 e. The molecular formula is C21H20N2O2. The Morgan fingerprint density at radius 1 is 1.16 bits per heavy atom. The predicted octanol–water partition coefficient (Wildman–Crippen LogP) is 4.17. The van der Waals surface area contributed by atoms with E-state index in [1.807, 2.05) is 60.4 Å². The van der Waals surface area contributed by atoms with Crippen LogP contribution in [0.5, 0.6) is 0 Å². The summed E-state index contributed by atoms with van der Waals surface area (Å²) in [4.78, 5) is 19.4. The van der Waals surface area contributed by atoms with E-state index in [0.717, 1.165) is 17.7 Å². The van der Waals surface area contributed by atoms with Crippen molar-refractivity contribution in [1.29, 1.82) is 0 Å². The van der Waals surface area contributed by atoms with Gasteiger partial charge >= 0.3 is 0 Å². The van der Waals surface area contributed by atoms with Crippen LogP contribution in [-0.2, 0) is 17.6 Å². The highest BCUT2D eigenvalue weighted by atomic mass is 16.4. The van der Waals surface area contributed by atoms with Crippen LogP contribution in [0.4, 0.5) is 5.69 Å². The van der Waals surface area contributed by atoms with Gasteiger partial charge in [-0.15, -0.1) is 0 Å². The molecule has 2 aromatic carbocycles. The quantitative estimate of drug-likeness (QED) is 0.723. The molecule has 1 aliphatic heterocycles. The lowest BCUT2D eigenvalue weighted by molar-refractivity contribution is -0.118. The molecule has 1 unspecified atom stereocenters. The lowest BCUT2D eigenvalue weighted by atomic mass is 10.1. The molecule has 0 aliphatic carbocycles. The topological polar surface area (TPSA) is 46.3 Å². The number of aromatic nitrogens is 1. The van der Waals surface area contributed by atoms with Crippen molar-refractivity contribution in [3.63, 3.8) is 0 Å². The second-order valence-corrected chi connectivity index (χ2v) is 6.51. The third-order valence-corrected chi connectivity index (χ3v) is 4.71. The summed E-state index contributed by atoms with van der Waals surface area (Å²) in [5.74, 6) is 1.33. The molecule has 0 bridgehead atoms. The minimum absolute atomic E-state index is 0.0634. The Morgan fingerprint density at radius 3 is 2.68 bits per heavy atom. The number of carbonyl (C=O) groups excluding carboxylic acids is 1. The number of hydrogen-bond donors (Lipinski definition) is 0. The molecule has 1 aliphatic rings. The lowest BCUT2D eigenvalue weighted by Gasteiger charge is -2.22. The van der Waals surface area contributed by atoms with E-state index in [9.17, 15) is 4.79 Å². The van der Waals surface area contributed by atoms with Gasteiger partial charge < -0.3 is 9.32 Å². The highest BCUT2D eigenvalue weighted by Crippen LogP contribution is 2.32. The molecule has 0 fully saturated rings. The fourth-order valence-electron chi connectivity index (χ4n) is 3.47. The molecule has 0 radical (unpaired) electrons. The number of nitrogens with zero attached hydrogens (tertiary/aromatic N) is 2. The van der Waals surface area contributed by atoms with Crippen LogP contribution in [0.2, 0.25) is 0 Å². The Kier molecular flexibility index (Phi) is 3.88. The van der Waals surface area contributed by atoms with Gasteiger partial charge in [-0.2, -0.15) is 0 Å². The number of carbonyl (C=O) groups is 1. The molecule has 4 nitrogen and oxygen atoms in total. The van der Waals surface area contributed by atoms with E-state index in [0.29, 0.717) is 17.3 Å². The number of anilines is 1. The summed E-state index contributed by atoms with van der Waals surface area (Å²) >= 11 is 0. The van der Waals surface area contributed by atoms with Gasteiger partial charge in [0.2, 0.25) is 11.8 Å². The van der Waals surface area contributed by atoms with Crippen molar-refractivity contribution in [3.05, 3.63) is 71.6 Å². The van der Waals surface area contributed by atoms with E-state index in [2.05, 4.69) is 18.0 Å². The molecule has 2 heterocycles. The van der Waals surface area contributed by atoms with E-state index < -0.39 is 0 Å². The van der Waals surface area contributed by atoms with Crippen molar-refractivity contribution in [3.8, 4) is 11.5 Å². The van der Waals surface area contributed by atoms with Crippen LogP contribution in [0.1, 0.15) is 23.9 Å². The second kappa shape index (κ2) is 6.20. The Morgan fingerprint density at radius 2 is 1.88 bits per heavy atom. The zero-order valence-corrected chi connectivity index (χ0v) is 14.4. The Labute approximate surface area is 147 Å². The van der Waals surface area contributed by atoms with Crippen LogP contribution < -0.4 is 4.90 Å². The Hall–Kier alpha value is -2.88. The Balaban J connectivity index is 1.59. The predicted molar refractivity (Wildman–Crippen MR) is 97.5 cm³/mol. The molecule has 1 amide bonds. The van der Waals surface area contributed by atoms with E-state index in [4.69, 9.17) is 4.42 Å². The molecule has 126 valence electrons. The van der Waals surface area contributed by atoms with Gasteiger partial charge in [0.25, 0.3) is 0 Å². The van der Waals surface area contributed by atoms with Gasteiger partial charge in [0, 0.05) is 17.3 Å². The molecular weight excluding hydrogens is 312 g/mol. The van der Waals surface area contributed by atoms with Gasteiger partial charge in [0.05, 0.1) is 12.1 Å². The fourth-order valence-corrected chi connectivity index (χ4v) is 3.47. The normalized spacial score (nSPS) is 16.1. The van der Waals surface area contributed by atoms with Crippen molar-refractivity contribution < 1.29 is 9.21 Å². The molecule has 0 saturated heterocycles. The third kappa shape index (κ3) is 2.84. The molecule has 0 N–H and O–H groups in total. The molecule has 1 atom stereocenters. The summed E-state index contributed by atoms with van der Waals surface area (Å²) in [5, 5.41) is 0. The lowest BCUT2D eigenvalue weighted by Crippen LogP contribution is -2.37. The molecule has 0 saturated carbocycles. The van der Waals surface area contributed by atoms with Crippen LogP contribution in [-0.4, -0.2) is 16.9 Å². The first-order chi connectivity index (χ1) is 12.1. The van der Waals surface area contributed by atoms with Crippen LogP contribution >= 0.6 is 0 Å². The number of benzene rings is 2. The maximum atomic E-state index is 12.9. The van der Waals surface area contributed by atoms with Crippen molar-refractivity contribution >= 4 is 11.6 Å². The fraction of sp³-hybridized carbons (Fsp3) is 0.238. The maximum absolute atomic E-state index is 12.9. The minimum atomic E-state index is 0.0634. The summed E-state index contributed by atoms with van der Waals surface area (Å²) in [6, 6.07) is 18.0. The number of oxazole rings is 1. The highest BCUT2D eigenvalue weighted by Gasteiger charge is 2.31. The van der Waals surface area contributed by atoms with E-state index in [1.54, 1.807) is 0 Å². The average molecular weight is 332 g/mol. The Bertz CT molecular complexity index is 915. The van der Waals surface area contributed by atoms with Crippen LogP contribution in [0.3, 0.4) is 0 Å². The zero-order valence-electron chi connectivity index (χ0n) is 14.4. The molecule has 4 rings (SSSR count). The molecule has 25 heavy (non-hydrogen) atoms. The molecule has 4 heteroatoms. The van der Waals surface area contributed by atoms with Gasteiger partial charge in [0.1, 0.15) is 5.76 Å². The van der Waals surface area contributed by atoms with Crippen LogP contribution in [0.15, 0.2) is 59.0 Å². The summed E-state index contributed by atoms with van der Waals surface area (Å²) in [6.07, 6.45) is 1.15. The summed E-state index contributed by atoms with van der Waals surface area (Å²) in [7, 11) is 0. The first kappa shape index (κ1) is 15.6. The smallest absolute Gasteiger partial charge is 0.233 e. The molecule has 1 aromatic heterocycles. The van der Waals surface area contributed by atoms with Gasteiger partial charge in [-0.1, -0.05) is 36.4 Å². The van der Waals surface area contributed by atoms with Gasteiger partial charge in [0.15, 0.2) is 0 Å². The zero-order chi connectivity index (χ0) is 17.4. The van der Waals surface area contributed by atoms with E-state index >= 15 is 0 Å². The second-order valence-electron chi connectivity index (χ2n) is 6.51. The van der Waals surface area contributed by atoms with Crippen molar-refractivity contribution in [1.82, 2.24) is 4.98 Å². The van der Waals surface area contributed by atoms with E-state index in [-0.39, 0.29) is 18.4 Å². The van der Waals surface area contributed by atoms with Crippen molar-refractivity contribution in [2.24, 2.45) is 0 Å². The monoisotopic (exact) mass is 332 g/mol. The van der Waals surface area contributed by atoms with Crippen LogP contribution in [0.25, 0.3) is 11.5 Å². The maximum Gasteiger partial charge on any atom is 0.233 e. The van der Waals surface area contributed by atoms with Crippen molar-refractivity contribution in [2.75, 3.05) is 4.90 Å². The van der Waals surface area contributed by atoms with Gasteiger partial charge in [-0.05, 0) is 44.0 Å². The number of aryl methyl sites for hydroxylation is 1. The largest absolute Gasteiger partial charge is 0.441 e.